The van der Waals surface area contributed by atoms with E-state index in [1.165, 1.54) is 18.2 Å². The number of sulfonamides is 1. The fraction of sp³-hybridized carbons (Fsp3) is 0.409. The third kappa shape index (κ3) is 5.17. The molecule has 3 N–H and O–H groups in total. The molecule has 0 aromatic heterocycles. The van der Waals surface area contributed by atoms with Gasteiger partial charge in [0.2, 0.25) is 0 Å². The number of hydrogen-bond acceptors (Lipinski definition) is 6. The van der Waals surface area contributed by atoms with Crippen LogP contribution >= 0.6 is 0 Å². The maximum absolute atomic E-state index is 13.3. The number of fused-ring (bicyclic) bond motifs is 1. The van der Waals surface area contributed by atoms with Gasteiger partial charge in [-0.15, -0.1) is 0 Å². The fourth-order valence-corrected chi connectivity index (χ4v) is 4.62. The van der Waals surface area contributed by atoms with E-state index in [0.717, 1.165) is 0 Å². The molecule has 168 valence electrons. The number of nitrogens with one attached hydrogen (secondary N) is 2. The molecule has 8 nitrogen and oxygen atoms in total. The summed E-state index contributed by atoms with van der Waals surface area (Å²) in [6.07, 6.45) is -0.197. The molecule has 0 saturated carbocycles. The lowest BCUT2D eigenvalue weighted by molar-refractivity contribution is 0.0416. The molecule has 0 unspecified atom stereocenters. The Balaban J connectivity index is 2.00. The van der Waals surface area contributed by atoms with Crippen LogP contribution in [0.2, 0.25) is 0 Å². The maximum atomic E-state index is 13.3. The Morgan fingerprint density at radius 2 is 1.94 bits per heavy atom. The van der Waals surface area contributed by atoms with Crippen molar-refractivity contribution < 1.29 is 23.1 Å². The number of amides is 1. The minimum atomic E-state index is -3.80. The van der Waals surface area contributed by atoms with Crippen molar-refractivity contribution in [1.82, 2.24) is 10.2 Å². The van der Waals surface area contributed by atoms with Gasteiger partial charge in [-0.2, -0.15) is 0 Å². The highest BCUT2D eigenvalue weighted by atomic mass is 32.2. The van der Waals surface area contributed by atoms with E-state index >= 15 is 0 Å². The molecular weight excluding hydrogens is 418 g/mol. The van der Waals surface area contributed by atoms with E-state index in [0.29, 0.717) is 18.8 Å². The summed E-state index contributed by atoms with van der Waals surface area (Å²) in [5.41, 5.74) is 0.511. The summed E-state index contributed by atoms with van der Waals surface area (Å²) in [6, 6.07) is 12.3. The molecule has 0 saturated heterocycles. The number of aliphatic hydroxyl groups is 1. The van der Waals surface area contributed by atoms with E-state index in [2.05, 4.69) is 10.0 Å². The first-order valence-corrected chi connectivity index (χ1v) is 11.7. The molecule has 0 bridgehead atoms. The number of nitrogens with zero attached hydrogens (tertiary/aromatic N) is 1. The van der Waals surface area contributed by atoms with Gasteiger partial charge in [-0.05, 0) is 44.3 Å². The summed E-state index contributed by atoms with van der Waals surface area (Å²) in [6.45, 7) is 4.60. The molecule has 3 atom stereocenters. The molecule has 2 aromatic carbocycles. The molecule has 9 heteroatoms. The topological polar surface area (TPSA) is 108 Å². The van der Waals surface area contributed by atoms with Crippen LogP contribution in [0, 0.1) is 5.92 Å². The average Bonchev–Trinajstić information content (AvgIpc) is 2.76. The highest BCUT2D eigenvalue weighted by Crippen LogP contribution is 2.31. The van der Waals surface area contributed by atoms with Crippen LogP contribution in [-0.4, -0.2) is 63.2 Å². The average molecular weight is 448 g/mol. The van der Waals surface area contributed by atoms with Gasteiger partial charge in [0, 0.05) is 24.7 Å². The van der Waals surface area contributed by atoms with Crippen molar-refractivity contribution in [2.75, 3.05) is 31.5 Å². The highest BCUT2D eigenvalue weighted by Gasteiger charge is 2.33. The molecule has 0 spiro atoms. The maximum Gasteiger partial charge on any atom is 0.261 e. The van der Waals surface area contributed by atoms with Crippen molar-refractivity contribution in [3.05, 3.63) is 54.1 Å². The van der Waals surface area contributed by atoms with Gasteiger partial charge >= 0.3 is 0 Å². The van der Waals surface area contributed by atoms with Crippen molar-refractivity contribution in [1.29, 1.82) is 0 Å². The second-order valence-corrected chi connectivity index (χ2v) is 9.49. The molecule has 1 heterocycles. The van der Waals surface area contributed by atoms with Crippen LogP contribution in [0.15, 0.2) is 53.4 Å². The Morgan fingerprint density at radius 1 is 1.23 bits per heavy atom. The summed E-state index contributed by atoms with van der Waals surface area (Å²) in [7, 11) is -1.97. The molecular formula is C22H29N3O5S. The number of carbonyl (C=O) groups is 1. The minimum absolute atomic E-state index is 0.0230. The molecule has 0 fully saturated rings. The number of rotatable bonds is 7. The lowest BCUT2D eigenvalue weighted by Crippen LogP contribution is -2.49. The molecule has 1 amide bonds. The van der Waals surface area contributed by atoms with E-state index in [9.17, 15) is 18.3 Å². The third-order valence-electron chi connectivity index (χ3n) is 5.38. The zero-order valence-electron chi connectivity index (χ0n) is 17.9. The molecule has 1 aliphatic heterocycles. The number of ether oxygens (including phenoxy) is 1. The lowest BCUT2D eigenvalue weighted by atomic mass is 9.99. The van der Waals surface area contributed by atoms with Crippen LogP contribution in [-0.2, 0) is 10.0 Å². The number of aliphatic hydroxyl groups excluding tert-OH is 1. The van der Waals surface area contributed by atoms with E-state index in [1.54, 1.807) is 42.2 Å². The largest absolute Gasteiger partial charge is 0.488 e. The Morgan fingerprint density at radius 3 is 2.58 bits per heavy atom. The van der Waals surface area contributed by atoms with E-state index in [1.807, 2.05) is 14.0 Å². The monoisotopic (exact) mass is 447 g/mol. The molecule has 0 radical (unpaired) electrons. The van der Waals surface area contributed by atoms with Gasteiger partial charge in [0.05, 0.1) is 23.1 Å². The first-order chi connectivity index (χ1) is 14.8. The lowest BCUT2D eigenvalue weighted by Gasteiger charge is -2.37. The Labute approximate surface area is 183 Å². The zero-order chi connectivity index (χ0) is 22.6. The summed E-state index contributed by atoms with van der Waals surface area (Å²) in [5.74, 6) is 0.0940. The fourth-order valence-electron chi connectivity index (χ4n) is 3.54. The van der Waals surface area contributed by atoms with Gasteiger partial charge in [-0.3, -0.25) is 9.52 Å². The van der Waals surface area contributed by atoms with Crippen LogP contribution in [0.5, 0.6) is 5.75 Å². The highest BCUT2D eigenvalue weighted by molar-refractivity contribution is 7.92. The van der Waals surface area contributed by atoms with Crippen molar-refractivity contribution in [2.45, 2.75) is 30.9 Å². The summed E-state index contributed by atoms with van der Waals surface area (Å²) in [5, 5.41) is 12.8. The Hall–Kier alpha value is -2.62. The second-order valence-electron chi connectivity index (χ2n) is 7.81. The van der Waals surface area contributed by atoms with E-state index in [-0.39, 0.29) is 46.7 Å². The predicted molar refractivity (Wildman–Crippen MR) is 119 cm³/mol. The zero-order valence-corrected chi connectivity index (χ0v) is 18.7. The quantitative estimate of drug-likeness (QED) is 0.599. The normalized spacial score (nSPS) is 20.3. The van der Waals surface area contributed by atoms with Crippen LogP contribution in [0.1, 0.15) is 24.2 Å². The molecule has 31 heavy (non-hydrogen) atoms. The molecule has 3 rings (SSSR count). The van der Waals surface area contributed by atoms with Gasteiger partial charge in [0.25, 0.3) is 15.9 Å². The second kappa shape index (κ2) is 9.67. The minimum Gasteiger partial charge on any atom is -0.488 e. The summed E-state index contributed by atoms with van der Waals surface area (Å²) in [4.78, 5) is 15.1. The number of benzene rings is 2. The standard InChI is InChI=1S/C22H29N3O5S/c1-15-13-25(16(2)14-26)22(27)19-11-17(9-10-20(19)30-21(15)12-23-3)24-31(28,29)18-7-5-4-6-8-18/h4-11,15-16,21,23-24,26H,12-14H2,1-3H3/t15-,16+,21-/m0/s1. The van der Waals surface area contributed by atoms with E-state index < -0.39 is 10.0 Å². The third-order valence-corrected chi connectivity index (χ3v) is 6.77. The van der Waals surface area contributed by atoms with Gasteiger partial charge in [0.1, 0.15) is 11.9 Å². The van der Waals surface area contributed by atoms with Gasteiger partial charge in [0.15, 0.2) is 0 Å². The van der Waals surface area contributed by atoms with Gasteiger partial charge in [-0.1, -0.05) is 25.1 Å². The van der Waals surface area contributed by atoms with E-state index in [4.69, 9.17) is 4.74 Å². The van der Waals surface area contributed by atoms with Crippen molar-refractivity contribution in [3.63, 3.8) is 0 Å². The van der Waals surface area contributed by atoms with Crippen molar-refractivity contribution in [3.8, 4) is 5.75 Å². The van der Waals surface area contributed by atoms with Gasteiger partial charge in [-0.25, -0.2) is 8.42 Å². The molecule has 1 aliphatic rings. The van der Waals surface area contributed by atoms with Crippen LogP contribution in [0.3, 0.4) is 0 Å². The van der Waals surface area contributed by atoms with Crippen LogP contribution in [0.4, 0.5) is 5.69 Å². The first kappa shape index (κ1) is 23.1. The first-order valence-electron chi connectivity index (χ1n) is 10.2. The van der Waals surface area contributed by atoms with Crippen LogP contribution in [0.25, 0.3) is 0 Å². The van der Waals surface area contributed by atoms with Crippen LogP contribution < -0.4 is 14.8 Å². The Kier molecular flexibility index (Phi) is 7.19. The summed E-state index contributed by atoms with van der Waals surface area (Å²) >= 11 is 0. The van der Waals surface area contributed by atoms with Gasteiger partial charge < -0.3 is 20.1 Å². The molecule has 2 aromatic rings. The summed E-state index contributed by atoms with van der Waals surface area (Å²) < 4.78 is 34.1. The van der Waals surface area contributed by atoms with Crippen molar-refractivity contribution in [2.24, 2.45) is 5.92 Å². The smallest absolute Gasteiger partial charge is 0.261 e. The number of anilines is 1. The molecule has 0 aliphatic carbocycles. The van der Waals surface area contributed by atoms with Crippen molar-refractivity contribution >= 4 is 21.6 Å². The predicted octanol–water partition coefficient (Wildman–Crippen LogP) is 1.93. The number of hydrogen-bond donors (Lipinski definition) is 3. The Bertz CT molecular complexity index is 1010. The number of carbonyl (C=O) groups excluding carboxylic acids is 1. The number of likely N-dealkylation sites (N-methyl/N-ethyl adjacent to an activating group) is 1. The SMILES string of the molecule is CNC[C@@H]1Oc2ccc(NS(=O)(=O)c3ccccc3)cc2C(=O)N([C@H](C)CO)C[C@@H]1C.